The number of rotatable bonds is 6. The highest BCUT2D eigenvalue weighted by atomic mass is 32.2. The number of aromatic nitrogens is 2. The lowest BCUT2D eigenvalue weighted by molar-refractivity contribution is 0.606. The summed E-state index contributed by atoms with van der Waals surface area (Å²) in [6.07, 6.45) is 0. The molecule has 5 heteroatoms. The van der Waals surface area contributed by atoms with Crippen LogP contribution in [0.2, 0.25) is 0 Å². The van der Waals surface area contributed by atoms with Crippen molar-refractivity contribution in [3.8, 4) is 0 Å². The van der Waals surface area contributed by atoms with E-state index in [9.17, 15) is 0 Å². The van der Waals surface area contributed by atoms with Gasteiger partial charge in [-0.05, 0) is 37.5 Å². The van der Waals surface area contributed by atoms with Crippen molar-refractivity contribution in [2.45, 2.75) is 31.2 Å². The van der Waals surface area contributed by atoms with E-state index in [0.29, 0.717) is 6.04 Å². The molecule has 0 amide bonds. The summed E-state index contributed by atoms with van der Waals surface area (Å²) in [5.41, 5.74) is 2.63. The molecule has 1 unspecified atom stereocenters. The molecular formula is C14H19N3S2. The first-order valence-corrected chi connectivity index (χ1v) is 8.18. The zero-order chi connectivity index (χ0) is 13.7. The minimum absolute atomic E-state index is 0.361. The molecule has 1 aromatic heterocycles. The maximum absolute atomic E-state index is 4.39. The van der Waals surface area contributed by atoms with Gasteiger partial charge in [-0.25, -0.2) is 4.98 Å². The van der Waals surface area contributed by atoms with Crippen LogP contribution in [0.1, 0.15) is 29.9 Å². The molecule has 0 spiro atoms. The molecule has 1 heterocycles. The van der Waals surface area contributed by atoms with Crippen molar-refractivity contribution in [2.75, 3.05) is 12.3 Å². The van der Waals surface area contributed by atoms with Gasteiger partial charge in [0.15, 0.2) is 4.34 Å². The van der Waals surface area contributed by atoms with E-state index in [1.807, 2.05) is 6.92 Å². The standard InChI is InChI=1S/C14H19N3S2/c1-4-15-13(12-7-5-10(2)6-8-12)9-18-14-16-11(3)17-19-14/h5-8,13,15H,4,9H2,1-3H3. The van der Waals surface area contributed by atoms with Crippen LogP contribution in [0.15, 0.2) is 28.6 Å². The molecule has 0 aliphatic rings. The van der Waals surface area contributed by atoms with Crippen LogP contribution in [0.25, 0.3) is 0 Å². The summed E-state index contributed by atoms with van der Waals surface area (Å²) < 4.78 is 5.26. The molecular weight excluding hydrogens is 274 g/mol. The number of hydrogen-bond donors (Lipinski definition) is 1. The predicted molar refractivity (Wildman–Crippen MR) is 83.0 cm³/mol. The summed E-state index contributed by atoms with van der Waals surface area (Å²) in [6, 6.07) is 9.10. The quantitative estimate of drug-likeness (QED) is 0.826. The summed E-state index contributed by atoms with van der Waals surface area (Å²) in [4.78, 5) is 4.39. The molecule has 0 radical (unpaired) electrons. The van der Waals surface area contributed by atoms with Crippen LogP contribution >= 0.6 is 23.3 Å². The molecule has 0 aliphatic heterocycles. The van der Waals surface area contributed by atoms with E-state index < -0.39 is 0 Å². The van der Waals surface area contributed by atoms with Crippen molar-refractivity contribution in [3.63, 3.8) is 0 Å². The number of benzene rings is 1. The van der Waals surface area contributed by atoms with Gasteiger partial charge in [-0.3, -0.25) is 0 Å². The van der Waals surface area contributed by atoms with Crippen LogP contribution in [-0.2, 0) is 0 Å². The van der Waals surface area contributed by atoms with E-state index in [-0.39, 0.29) is 0 Å². The molecule has 0 bridgehead atoms. The molecule has 2 aromatic rings. The van der Waals surface area contributed by atoms with Crippen LogP contribution < -0.4 is 5.32 Å². The van der Waals surface area contributed by atoms with Crippen molar-refractivity contribution < 1.29 is 0 Å². The van der Waals surface area contributed by atoms with Gasteiger partial charge in [-0.1, -0.05) is 48.5 Å². The van der Waals surface area contributed by atoms with Gasteiger partial charge < -0.3 is 5.32 Å². The highest BCUT2D eigenvalue weighted by molar-refractivity contribution is 8.00. The first kappa shape index (κ1) is 14.5. The van der Waals surface area contributed by atoms with Crippen LogP contribution in [-0.4, -0.2) is 21.7 Å². The normalized spacial score (nSPS) is 12.6. The average molecular weight is 293 g/mol. The van der Waals surface area contributed by atoms with Crippen molar-refractivity contribution in [1.82, 2.24) is 14.7 Å². The maximum atomic E-state index is 4.39. The third-order valence-electron chi connectivity index (χ3n) is 2.81. The Kier molecular flexibility index (Phi) is 5.36. The van der Waals surface area contributed by atoms with Gasteiger partial charge in [0.05, 0.1) is 0 Å². The highest BCUT2D eigenvalue weighted by Crippen LogP contribution is 2.26. The van der Waals surface area contributed by atoms with E-state index in [0.717, 1.165) is 22.5 Å². The molecule has 2 rings (SSSR count). The second kappa shape index (κ2) is 7.03. The van der Waals surface area contributed by atoms with Crippen LogP contribution in [0.5, 0.6) is 0 Å². The van der Waals surface area contributed by atoms with Gasteiger partial charge in [0.25, 0.3) is 0 Å². The van der Waals surface area contributed by atoms with E-state index in [1.165, 1.54) is 22.7 Å². The zero-order valence-electron chi connectivity index (χ0n) is 11.5. The molecule has 3 nitrogen and oxygen atoms in total. The molecule has 1 atom stereocenters. The Labute approximate surface area is 123 Å². The average Bonchev–Trinajstić information content (AvgIpc) is 2.81. The Bertz CT molecular complexity index is 508. The van der Waals surface area contributed by atoms with Crippen molar-refractivity contribution in [2.24, 2.45) is 0 Å². The molecule has 1 aromatic carbocycles. The third-order valence-corrected chi connectivity index (χ3v) is 4.83. The Morgan fingerprint density at radius 2 is 2.00 bits per heavy atom. The summed E-state index contributed by atoms with van der Waals surface area (Å²) in [5, 5.41) is 3.53. The lowest BCUT2D eigenvalue weighted by Gasteiger charge is -2.17. The fourth-order valence-corrected chi connectivity index (χ4v) is 3.58. The first-order valence-electron chi connectivity index (χ1n) is 6.42. The van der Waals surface area contributed by atoms with Crippen molar-refractivity contribution in [1.29, 1.82) is 0 Å². The fraction of sp³-hybridized carbons (Fsp3) is 0.429. The molecule has 0 saturated heterocycles. The predicted octanol–water partition coefficient (Wildman–Crippen LogP) is 3.60. The SMILES string of the molecule is CCNC(CSc1nc(C)ns1)c1ccc(C)cc1. The molecule has 0 fully saturated rings. The Morgan fingerprint density at radius 1 is 1.26 bits per heavy atom. The first-order chi connectivity index (χ1) is 9.19. The minimum Gasteiger partial charge on any atom is -0.309 e. The molecule has 1 N–H and O–H groups in total. The lowest BCUT2D eigenvalue weighted by atomic mass is 10.1. The van der Waals surface area contributed by atoms with Gasteiger partial charge >= 0.3 is 0 Å². The third kappa shape index (κ3) is 4.30. The highest BCUT2D eigenvalue weighted by Gasteiger charge is 2.12. The summed E-state index contributed by atoms with van der Waals surface area (Å²) in [5.74, 6) is 1.84. The fourth-order valence-electron chi connectivity index (χ4n) is 1.81. The van der Waals surface area contributed by atoms with Gasteiger partial charge in [-0.15, -0.1) is 0 Å². The smallest absolute Gasteiger partial charge is 0.170 e. The largest absolute Gasteiger partial charge is 0.309 e. The maximum Gasteiger partial charge on any atom is 0.170 e. The van der Waals surface area contributed by atoms with Gasteiger partial charge in [-0.2, -0.15) is 4.37 Å². The van der Waals surface area contributed by atoms with E-state index in [2.05, 4.69) is 52.8 Å². The van der Waals surface area contributed by atoms with Gasteiger partial charge in [0.1, 0.15) is 5.82 Å². The van der Waals surface area contributed by atoms with Gasteiger partial charge in [0, 0.05) is 11.8 Å². The number of aryl methyl sites for hydroxylation is 2. The second-order valence-corrected chi connectivity index (χ2v) is 6.46. The number of thioether (sulfide) groups is 1. The monoisotopic (exact) mass is 293 g/mol. The number of hydrogen-bond acceptors (Lipinski definition) is 5. The van der Waals surface area contributed by atoms with E-state index in [4.69, 9.17) is 0 Å². The minimum atomic E-state index is 0.361. The van der Waals surface area contributed by atoms with Gasteiger partial charge in [0.2, 0.25) is 0 Å². The zero-order valence-corrected chi connectivity index (χ0v) is 13.1. The Balaban J connectivity index is 2.01. The lowest BCUT2D eigenvalue weighted by Crippen LogP contribution is -2.22. The van der Waals surface area contributed by atoms with Crippen molar-refractivity contribution >= 4 is 23.3 Å². The number of nitrogens with zero attached hydrogens (tertiary/aromatic N) is 2. The Hall–Kier alpha value is -0.910. The van der Waals surface area contributed by atoms with E-state index >= 15 is 0 Å². The molecule has 19 heavy (non-hydrogen) atoms. The van der Waals surface area contributed by atoms with E-state index in [1.54, 1.807) is 11.8 Å². The summed E-state index contributed by atoms with van der Waals surface area (Å²) >= 11 is 3.25. The van der Waals surface area contributed by atoms with Crippen LogP contribution in [0, 0.1) is 13.8 Å². The second-order valence-electron chi connectivity index (χ2n) is 4.44. The summed E-state index contributed by atoms with van der Waals surface area (Å²) in [6.45, 7) is 7.16. The Morgan fingerprint density at radius 3 is 2.58 bits per heavy atom. The molecule has 0 saturated carbocycles. The molecule has 102 valence electrons. The topological polar surface area (TPSA) is 37.8 Å². The van der Waals surface area contributed by atoms with Crippen LogP contribution in [0.4, 0.5) is 0 Å². The van der Waals surface area contributed by atoms with Crippen molar-refractivity contribution in [3.05, 3.63) is 41.2 Å². The number of nitrogens with one attached hydrogen (secondary N) is 1. The molecule has 0 aliphatic carbocycles. The van der Waals surface area contributed by atoms with Crippen LogP contribution in [0.3, 0.4) is 0 Å². The summed E-state index contributed by atoms with van der Waals surface area (Å²) in [7, 11) is 0.